The highest BCUT2D eigenvalue weighted by molar-refractivity contribution is 5.95. The summed E-state index contributed by atoms with van der Waals surface area (Å²) in [4.78, 5) is 11.6. The molecule has 22 heavy (non-hydrogen) atoms. The van der Waals surface area contributed by atoms with Crippen LogP contribution < -0.4 is 5.73 Å². The van der Waals surface area contributed by atoms with Gasteiger partial charge in [0, 0.05) is 18.9 Å². The Morgan fingerprint density at radius 1 is 1.27 bits per heavy atom. The number of nitrogens with two attached hydrogens (primary N) is 1. The summed E-state index contributed by atoms with van der Waals surface area (Å²) in [6, 6.07) is 1.94. The van der Waals surface area contributed by atoms with Gasteiger partial charge in [0.15, 0.2) is 0 Å². The van der Waals surface area contributed by atoms with Gasteiger partial charge < -0.3 is 15.2 Å². The molecular formula is C15H20F3NO3. The number of methoxy groups -OCH3 is 1. The van der Waals surface area contributed by atoms with Crippen LogP contribution in [0.1, 0.15) is 41.3 Å². The van der Waals surface area contributed by atoms with Gasteiger partial charge >= 0.3 is 12.1 Å². The zero-order chi connectivity index (χ0) is 16.8. The largest absolute Gasteiger partial charge is 0.465 e. The van der Waals surface area contributed by atoms with E-state index in [1.165, 1.54) is 0 Å². The quantitative estimate of drug-likeness (QED) is 0.475. The van der Waals surface area contributed by atoms with E-state index >= 15 is 0 Å². The van der Waals surface area contributed by atoms with Crippen LogP contribution in [-0.2, 0) is 22.1 Å². The molecule has 0 spiro atoms. The minimum Gasteiger partial charge on any atom is -0.465 e. The van der Waals surface area contributed by atoms with Crippen LogP contribution in [0.15, 0.2) is 12.1 Å². The van der Waals surface area contributed by atoms with E-state index in [1.54, 1.807) is 0 Å². The standard InChI is InChI=1S/C15H20F3NO3/c1-3-6-22-7-4-5-10-8-11(14(20)21-2)13(19)9-12(10)15(16,17)18/h8-9H,3-7,19H2,1-2H3. The molecule has 0 aliphatic heterocycles. The summed E-state index contributed by atoms with van der Waals surface area (Å²) < 4.78 is 49.0. The molecule has 0 aliphatic rings. The number of alkyl halides is 3. The lowest BCUT2D eigenvalue weighted by Gasteiger charge is -2.16. The predicted octanol–water partition coefficient (Wildman–Crippen LogP) is 3.43. The molecule has 0 unspecified atom stereocenters. The second kappa shape index (κ2) is 8.03. The molecule has 0 heterocycles. The predicted molar refractivity (Wildman–Crippen MR) is 76.6 cm³/mol. The molecule has 4 nitrogen and oxygen atoms in total. The van der Waals surface area contributed by atoms with Crippen LogP contribution in [0.4, 0.5) is 18.9 Å². The lowest BCUT2D eigenvalue weighted by molar-refractivity contribution is -0.138. The van der Waals surface area contributed by atoms with E-state index < -0.39 is 17.7 Å². The number of hydrogen-bond donors (Lipinski definition) is 1. The van der Waals surface area contributed by atoms with Crippen molar-refractivity contribution in [1.82, 2.24) is 0 Å². The second-order valence-corrected chi connectivity index (χ2v) is 4.80. The van der Waals surface area contributed by atoms with Crippen LogP contribution in [0, 0.1) is 0 Å². The molecule has 0 amide bonds. The van der Waals surface area contributed by atoms with E-state index in [0.717, 1.165) is 25.7 Å². The monoisotopic (exact) mass is 319 g/mol. The first-order valence-electron chi connectivity index (χ1n) is 6.96. The minimum absolute atomic E-state index is 0.0159. The first kappa shape index (κ1) is 18.3. The number of halogens is 3. The van der Waals surface area contributed by atoms with Crippen molar-refractivity contribution in [1.29, 1.82) is 0 Å². The highest BCUT2D eigenvalue weighted by atomic mass is 19.4. The molecule has 7 heteroatoms. The molecule has 0 aliphatic carbocycles. The van der Waals surface area contributed by atoms with Crippen LogP contribution in [0.25, 0.3) is 0 Å². The van der Waals surface area contributed by atoms with Gasteiger partial charge in [-0.3, -0.25) is 0 Å². The van der Waals surface area contributed by atoms with Crippen molar-refractivity contribution in [2.24, 2.45) is 0 Å². The van der Waals surface area contributed by atoms with E-state index in [4.69, 9.17) is 10.5 Å². The van der Waals surface area contributed by atoms with Crippen LogP contribution in [0.3, 0.4) is 0 Å². The topological polar surface area (TPSA) is 61.5 Å². The molecule has 124 valence electrons. The molecule has 0 atom stereocenters. The van der Waals surface area contributed by atoms with Gasteiger partial charge in [-0.1, -0.05) is 6.92 Å². The molecule has 0 saturated carbocycles. The summed E-state index contributed by atoms with van der Waals surface area (Å²) in [6.07, 6.45) is -3.11. The number of anilines is 1. The van der Waals surface area contributed by atoms with Gasteiger partial charge in [0.1, 0.15) is 0 Å². The van der Waals surface area contributed by atoms with Crippen molar-refractivity contribution in [2.75, 3.05) is 26.1 Å². The highest BCUT2D eigenvalue weighted by Crippen LogP contribution is 2.35. The summed E-state index contributed by atoms with van der Waals surface area (Å²) in [7, 11) is 1.15. The molecule has 2 N–H and O–H groups in total. The molecule has 0 fully saturated rings. The number of esters is 1. The van der Waals surface area contributed by atoms with E-state index in [0.29, 0.717) is 19.6 Å². The van der Waals surface area contributed by atoms with Crippen molar-refractivity contribution < 1.29 is 27.4 Å². The summed E-state index contributed by atoms with van der Waals surface area (Å²) in [5, 5.41) is 0. The van der Waals surface area contributed by atoms with E-state index in [2.05, 4.69) is 4.74 Å². The number of nitrogen functional groups attached to an aromatic ring is 1. The fourth-order valence-corrected chi connectivity index (χ4v) is 2.03. The van der Waals surface area contributed by atoms with Crippen molar-refractivity contribution in [3.05, 3.63) is 28.8 Å². The zero-order valence-corrected chi connectivity index (χ0v) is 12.6. The first-order chi connectivity index (χ1) is 10.3. The van der Waals surface area contributed by atoms with Crippen LogP contribution in [0.2, 0.25) is 0 Å². The number of rotatable bonds is 7. The number of ether oxygens (including phenoxy) is 2. The lowest BCUT2D eigenvalue weighted by atomic mass is 9.98. The Morgan fingerprint density at radius 2 is 1.95 bits per heavy atom. The summed E-state index contributed by atoms with van der Waals surface area (Å²) in [5.41, 5.74) is 4.42. The van der Waals surface area contributed by atoms with E-state index in [9.17, 15) is 18.0 Å². The Bertz CT molecular complexity index is 515. The summed E-state index contributed by atoms with van der Waals surface area (Å²) in [6.45, 7) is 2.88. The fraction of sp³-hybridized carbons (Fsp3) is 0.533. The molecule has 1 aromatic rings. The SMILES string of the molecule is CCCOCCCc1cc(C(=O)OC)c(N)cc1C(F)(F)F. The summed E-state index contributed by atoms with van der Waals surface area (Å²) in [5.74, 6) is -0.755. The number of hydrogen-bond acceptors (Lipinski definition) is 4. The maximum Gasteiger partial charge on any atom is 0.416 e. The Balaban J connectivity index is 3.01. The molecule has 0 saturated heterocycles. The second-order valence-electron chi connectivity index (χ2n) is 4.80. The first-order valence-corrected chi connectivity index (χ1v) is 6.96. The average Bonchev–Trinajstić information content (AvgIpc) is 2.46. The number of aryl methyl sites for hydroxylation is 1. The lowest BCUT2D eigenvalue weighted by Crippen LogP contribution is -2.14. The summed E-state index contributed by atoms with van der Waals surface area (Å²) >= 11 is 0. The Kier molecular flexibility index (Phi) is 6.67. The third kappa shape index (κ3) is 4.91. The van der Waals surface area contributed by atoms with Gasteiger partial charge in [0.2, 0.25) is 0 Å². The van der Waals surface area contributed by atoms with Crippen molar-refractivity contribution >= 4 is 11.7 Å². The molecule has 1 aromatic carbocycles. The van der Waals surface area contributed by atoms with E-state index in [-0.39, 0.29) is 23.2 Å². The van der Waals surface area contributed by atoms with Crippen molar-refractivity contribution in [2.45, 2.75) is 32.4 Å². The van der Waals surface area contributed by atoms with Gasteiger partial charge in [-0.25, -0.2) is 4.79 Å². The highest BCUT2D eigenvalue weighted by Gasteiger charge is 2.34. The normalized spacial score (nSPS) is 11.5. The Labute approximate surface area is 127 Å². The van der Waals surface area contributed by atoms with Crippen LogP contribution >= 0.6 is 0 Å². The number of carbonyl (C=O) groups is 1. The minimum atomic E-state index is -4.53. The fourth-order valence-electron chi connectivity index (χ4n) is 2.03. The molecule has 1 rings (SSSR count). The number of carbonyl (C=O) groups excluding carboxylic acids is 1. The van der Waals surface area contributed by atoms with Gasteiger partial charge in [-0.2, -0.15) is 13.2 Å². The Morgan fingerprint density at radius 3 is 2.50 bits per heavy atom. The van der Waals surface area contributed by atoms with Gasteiger partial charge in [0.05, 0.1) is 18.2 Å². The third-order valence-electron chi connectivity index (χ3n) is 3.07. The van der Waals surface area contributed by atoms with Crippen LogP contribution in [-0.4, -0.2) is 26.3 Å². The Hall–Kier alpha value is -1.76. The van der Waals surface area contributed by atoms with Gasteiger partial charge in [-0.15, -0.1) is 0 Å². The van der Waals surface area contributed by atoms with Gasteiger partial charge in [0.25, 0.3) is 0 Å². The maximum atomic E-state index is 13.1. The van der Waals surface area contributed by atoms with Crippen molar-refractivity contribution in [3.63, 3.8) is 0 Å². The van der Waals surface area contributed by atoms with Crippen molar-refractivity contribution in [3.8, 4) is 0 Å². The zero-order valence-electron chi connectivity index (χ0n) is 12.6. The van der Waals surface area contributed by atoms with Crippen LogP contribution in [0.5, 0.6) is 0 Å². The molecule has 0 bridgehead atoms. The molecule has 0 aromatic heterocycles. The molecule has 0 radical (unpaired) electrons. The smallest absolute Gasteiger partial charge is 0.416 e. The van der Waals surface area contributed by atoms with Gasteiger partial charge in [-0.05, 0) is 37.0 Å². The number of benzene rings is 1. The molecular weight excluding hydrogens is 299 g/mol. The average molecular weight is 319 g/mol. The third-order valence-corrected chi connectivity index (χ3v) is 3.07. The van der Waals surface area contributed by atoms with E-state index in [1.807, 2.05) is 6.92 Å². The maximum absolute atomic E-state index is 13.1.